The van der Waals surface area contributed by atoms with E-state index in [4.69, 9.17) is 4.42 Å². The zero-order chi connectivity index (χ0) is 13.9. The summed E-state index contributed by atoms with van der Waals surface area (Å²) in [5.41, 5.74) is 0. The predicted octanol–water partition coefficient (Wildman–Crippen LogP) is 0.599. The molecule has 1 N–H and O–H groups in total. The predicted molar refractivity (Wildman–Crippen MR) is 68.2 cm³/mol. The lowest BCUT2D eigenvalue weighted by atomic mass is 10.1. The van der Waals surface area contributed by atoms with E-state index in [0.29, 0.717) is 25.3 Å². The van der Waals surface area contributed by atoms with E-state index in [0.717, 1.165) is 0 Å². The van der Waals surface area contributed by atoms with Crippen molar-refractivity contribution in [3.8, 4) is 0 Å². The smallest absolute Gasteiger partial charge is 0.154 e. The number of sulfone groups is 1. The quantitative estimate of drug-likeness (QED) is 0.831. The molecule has 1 aromatic rings. The number of nitrogens with zero attached hydrogens (tertiary/aromatic N) is 1. The van der Waals surface area contributed by atoms with E-state index in [2.05, 4.69) is 0 Å². The Labute approximate surface area is 111 Å². The van der Waals surface area contributed by atoms with Crippen LogP contribution in [0.2, 0.25) is 0 Å². The van der Waals surface area contributed by atoms with Gasteiger partial charge in [0.05, 0.1) is 43.1 Å². The minimum absolute atomic E-state index is 0.0822. The lowest BCUT2D eigenvalue weighted by Crippen LogP contribution is -2.43. The van der Waals surface area contributed by atoms with E-state index in [1.54, 1.807) is 17.0 Å². The van der Waals surface area contributed by atoms with E-state index < -0.39 is 28.7 Å². The second kappa shape index (κ2) is 6.02. The first kappa shape index (κ1) is 14.5. The highest BCUT2D eigenvalue weighted by Gasteiger charge is 2.39. The molecule has 0 aliphatic carbocycles. The molecule has 1 aliphatic rings. The summed E-state index contributed by atoms with van der Waals surface area (Å²) in [6.07, 6.45) is 0.925. The molecule has 19 heavy (non-hydrogen) atoms. The maximum atomic E-state index is 12.3. The van der Waals surface area contributed by atoms with Crippen molar-refractivity contribution < 1.29 is 22.3 Å². The molecule has 0 amide bonds. The first-order chi connectivity index (χ1) is 9.02. The van der Waals surface area contributed by atoms with Gasteiger partial charge in [-0.1, -0.05) is 0 Å². The molecule has 1 saturated heterocycles. The van der Waals surface area contributed by atoms with Gasteiger partial charge in [0.1, 0.15) is 5.76 Å². The number of alkyl halides is 1. The third kappa shape index (κ3) is 3.77. The summed E-state index contributed by atoms with van der Waals surface area (Å²) in [4.78, 5) is 1.79. The van der Waals surface area contributed by atoms with Crippen LogP contribution in [-0.2, 0) is 16.4 Å². The molecule has 5 nitrogen and oxygen atoms in total. The molecule has 108 valence electrons. The Morgan fingerprint density at radius 1 is 1.47 bits per heavy atom. The summed E-state index contributed by atoms with van der Waals surface area (Å²) in [6.45, 7) is 0.308. The molecule has 2 heterocycles. The van der Waals surface area contributed by atoms with Crippen molar-refractivity contribution in [3.63, 3.8) is 0 Å². The van der Waals surface area contributed by atoms with Crippen LogP contribution in [0.25, 0.3) is 0 Å². The molecule has 7 heteroatoms. The van der Waals surface area contributed by atoms with Crippen LogP contribution in [0.1, 0.15) is 12.2 Å². The molecular weight excluding hydrogens is 273 g/mol. The minimum atomic E-state index is -3.21. The Kier molecular flexibility index (Phi) is 4.59. The number of halogens is 1. The van der Waals surface area contributed by atoms with Crippen molar-refractivity contribution in [3.05, 3.63) is 24.2 Å². The van der Waals surface area contributed by atoms with Gasteiger partial charge in [-0.15, -0.1) is 0 Å². The second-order valence-corrected chi connectivity index (χ2v) is 6.96. The van der Waals surface area contributed by atoms with Gasteiger partial charge in [-0.05, 0) is 18.6 Å². The van der Waals surface area contributed by atoms with Gasteiger partial charge in [0.25, 0.3) is 0 Å². The monoisotopic (exact) mass is 291 g/mol. The molecule has 2 atom stereocenters. The lowest BCUT2D eigenvalue weighted by molar-refractivity contribution is 0.0715. The molecule has 1 aliphatic heterocycles. The van der Waals surface area contributed by atoms with Gasteiger partial charge < -0.3 is 9.52 Å². The van der Waals surface area contributed by atoms with Gasteiger partial charge in [0, 0.05) is 6.54 Å². The summed E-state index contributed by atoms with van der Waals surface area (Å²) < 4.78 is 40.7. The maximum absolute atomic E-state index is 12.3. The van der Waals surface area contributed by atoms with Crippen LogP contribution < -0.4 is 0 Å². The molecule has 1 fully saturated rings. The van der Waals surface area contributed by atoms with Gasteiger partial charge in [0.15, 0.2) is 9.84 Å². The van der Waals surface area contributed by atoms with Crippen LogP contribution >= 0.6 is 0 Å². The average Bonchev–Trinajstić information content (AvgIpc) is 2.92. The van der Waals surface area contributed by atoms with Gasteiger partial charge in [-0.25, -0.2) is 8.42 Å². The number of aliphatic hydroxyl groups excluding tert-OH is 1. The van der Waals surface area contributed by atoms with Crippen LogP contribution in [-0.4, -0.2) is 55.3 Å². The fourth-order valence-electron chi connectivity index (χ4n) is 2.39. The third-order valence-corrected chi connectivity index (χ3v) is 4.98. The summed E-state index contributed by atoms with van der Waals surface area (Å²) in [5.74, 6) is 0.374. The number of aliphatic hydroxyl groups is 1. The van der Waals surface area contributed by atoms with Crippen LogP contribution in [0.4, 0.5) is 4.39 Å². The molecule has 0 bridgehead atoms. The second-order valence-electron chi connectivity index (χ2n) is 4.80. The summed E-state index contributed by atoms with van der Waals surface area (Å²) in [7, 11) is -3.21. The van der Waals surface area contributed by atoms with Crippen molar-refractivity contribution in [1.82, 2.24) is 4.90 Å². The molecule has 1 aromatic heterocycles. The van der Waals surface area contributed by atoms with Gasteiger partial charge in [-0.2, -0.15) is 0 Å². The van der Waals surface area contributed by atoms with Crippen molar-refractivity contribution in [2.24, 2.45) is 0 Å². The number of hydrogen-bond donors (Lipinski definition) is 1. The van der Waals surface area contributed by atoms with E-state index in [1.165, 1.54) is 6.26 Å². The Balaban J connectivity index is 2.08. The minimum Gasteiger partial charge on any atom is -0.468 e. The molecule has 2 rings (SSSR count). The standard InChI is InChI=1S/C12H18FNO4S/c13-4-2-5-14(7-10-3-1-6-18-10)11-8-19(16,17)9-12(11)15/h1,3,6,11-12,15H,2,4-5,7-9H2. The first-order valence-electron chi connectivity index (χ1n) is 6.23. The van der Waals surface area contributed by atoms with Crippen molar-refractivity contribution in [2.75, 3.05) is 24.7 Å². The Hall–Kier alpha value is -0.920. The highest BCUT2D eigenvalue weighted by Crippen LogP contribution is 2.21. The van der Waals surface area contributed by atoms with Crippen molar-refractivity contribution in [1.29, 1.82) is 0 Å². The van der Waals surface area contributed by atoms with Crippen LogP contribution in [0.3, 0.4) is 0 Å². The molecular formula is C12H18FNO4S. The fourth-order valence-corrected chi connectivity index (χ4v) is 4.22. The maximum Gasteiger partial charge on any atom is 0.154 e. The molecule has 0 saturated carbocycles. The average molecular weight is 291 g/mol. The van der Waals surface area contributed by atoms with Gasteiger partial charge in [0.2, 0.25) is 0 Å². The van der Waals surface area contributed by atoms with E-state index in [-0.39, 0.29) is 11.5 Å². The Morgan fingerprint density at radius 2 is 2.26 bits per heavy atom. The third-order valence-electron chi connectivity index (χ3n) is 3.28. The van der Waals surface area contributed by atoms with E-state index in [1.807, 2.05) is 0 Å². The summed E-state index contributed by atoms with van der Waals surface area (Å²) in [5, 5.41) is 9.88. The van der Waals surface area contributed by atoms with Crippen molar-refractivity contribution >= 4 is 9.84 Å². The van der Waals surface area contributed by atoms with Crippen molar-refractivity contribution in [2.45, 2.75) is 25.1 Å². The normalized spacial score (nSPS) is 26.1. The first-order valence-corrected chi connectivity index (χ1v) is 8.05. The Bertz CT molecular complexity index is 488. The summed E-state index contributed by atoms with van der Waals surface area (Å²) in [6, 6.07) is 3.03. The van der Waals surface area contributed by atoms with Gasteiger partial charge >= 0.3 is 0 Å². The molecule has 2 unspecified atom stereocenters. The molecule has 0 aromatic carbocycles. The molecule has 0 radical (unpaired) electrons. The topological polar surface area (TPSA) is 70.8 Å². The zero-order valence-corrected chi connectivity index (χ0v) is 11.4. The largest absolute Gasteiger partial charge is 0.468 e. The fraction of sp³-hybridized carbons (Fsp3) is 0.667. The van der Waals surface area contributed by atoms with Crippen LogP contribution in [0.15, 0.2) is 22.8 Å². The van der Waals surface area contributed by atoms with Crippen LogP contribution in [0.5, 0.6) is 0 Å². The zero-order valence-electron chi connectivity index (χ0n) is 10.5. The number of hydrogen-bond acceptors (Lipinski definition) is 5. The Morgan fingerprint density at radius 3 is 2.79 bits per heavy atom. The lowest BCUT2D eigenvalue weighted by Gasteiger charge is -2.28. The highest BCUT2D eigenvalue weighted by molar-refractivity contribution is 7.91. The molecule has 0 spiro atoms. The SMILES string of the molecule is O=S1(=O)CC(O)C(N(CCCF)Cc2ccco2)C1. The van der Waals surface area contributed by atoms with E-state index >= 15 is 0 Å². The van der Waals surface area contributed by atoms with Gasteiger partial charge in [-0.3, -0.25) is 9.29 Å². The summed E-state index contributed by atoms with van der Waals surface area (Å²) >= 11 is 0. The van der Waals surface area contributed by atoms with E-state index in [9.17, 15) is 17.9 Å². The number of furan rings is 1. The van der Waals surface area contributed by atoms with Crippen LogP contribution in [0, 0.1) is 0 Å². The highest BCUT2D eigenvalue weighted by atomic mass is 32.2. The number of rotatable bonds is 6.